The number of hydrogen-bond acceptors (Lipinski definition) is 4. The molecule has 7 heteroatoms. The van der Waals surface area contributed by atoms with Crippen LogP contribution in [0.5, 0.6) is 0 Å². The summed E-state index contributed by atoms with van der Waals surface area (Å²) in [6.07, 6.45) is 3.14. The van der Waals surface area contributed by atoms with Gasteiger partial charge in [0.25, 0.3) is 0 Å². The number of nitrogens with one attached hydrogen (secondary N) is 1. The van der Waals surface area contributed by atoms with Gasteiger partial charge in [0.15, 0.2) is 0 Å². The molecular formula is C12H18N2O4S. The SMILES string of the molecule is CCC1COC(C)CN1S(=O)(=O)c1c[nH]ccc1=O. The molecule has 0 amide bonds. The maximum absolute atomic E-state index is 12.6. The molecule has 0 aromatic carbocycles. The van der Waals surface area contributed by atoms with Crippen molar-refractivity contribution in [3.8, 4) is 0 Å². The fraction of sp³-hybridized carbons (Fsp3) is 0.583. The summed E-state index contributed by atoms with van der Waals surface area (Å²) in [5, 5.41) is 0. The maximum atomic E-state index is 12.6. The van der Waals surface area contributed by atoms with Crippen LogP contribution in [-0.2, 0) is 14.8 Å². The van der Waals surface area contributed by atoms with Gasteiger partial charge in [0.05, 0.1) is 12.7 Å². The Hall–Kier alpha value is -1.18. The molecule has 1 fully saturated rings. The van der Waals surface area contributed by atoms with Crippen molar-refractivity contribution in [2.24, 2.45) is 0 Å². The molecule has 1 aliphatic heterocycles. The van der Waals surface area contributed by atoms with Crippen LogP contribution in [0.1, 0.15) is 20.3 Å². The van der Waals surface area contributed by atoms with Crippen molar-refractivity contribution in [2.75, 3.05) is 13.2 Å². The second kappa shape index (κ2) is 5.44. The number of H-pyrrole nitrogens is 1. The Bertz CT molecular complexity index is 596. The summed E-state index contributed by atoms with van der Waals surface area (Å²) < 4.78 is 32.0. The number of morpholine rings is 1. The summed E-state index contributed by atoms with van der Waals surface area (Å²) in [5.74, 6) is 0. The van der Waals surface area contributed by atoms with Gasteiger partial charge < -0.3 is 9.72 Å². The number of hydrogen-bond donors (Lipinski definition) is 1. The monoisotopic (exact) mass is 286 g/mol. The number of pyridine rings is 1. The smallest absolute Gasteiger partial charge is 0.248 e. The van der Waals surface area contributed by atoms with E-state index in [1.807, 2.05) is 13.8 Å². The summed E-state index contributed by atoms with van der Waals surface area (Å²) in [7, 11) is -3.78. The summed E-state index contributed by atoms with van der Waals surface area (Å²) in [5.41, 5.74) is -0.493. The Labute approximate surface area is 112 Å². The van der Waals surface area contributed by atoms with Gasteiger partial charge in [-0.25, -0.2) is 8.42 Å². The summed E-state index contributed by atoms with van der Waals surface area (Å²) in [6.45, 7) is 4.36. The van der Waals surface area contributed by atoms with Crippen molar-refractivity contribution in [2.45, 2.75) is 37.3 Å². The molecule has 6 nitrogen and oxygen atoms in total. The number of ether oxygens (including phenoxy) is 1. The minimum absolute atomic E-state index is 0.166. The van der Waals surface area contributed by atoms with Crippen molar-refractivity contribution in [3.63, 3.8) is 0 Å². The Balaban J connectivity index is 2.43. The molecule has 2 rings (SSSR count). The quantitative estimate of drug-likeness (QED) is 0.880. The van der Waals surface area contributed by atoms with E-state index in [9.17, 15) is 13.2 Å². The van der Waals surface area contributed by atoms with Gasteiger partial charge in [0, 0.05) is 31.0 Å². The van der Waals surface area contributed by atoms with Crippen LogP contribution in [0.25, 0.3) is 0 Å². The standard InChI is InChI=1S/C12H18N2O4S/c1-3-10-8-18-9(2)7-14(10)19(16,17)12-6-13-5-4-11(12)15/h4-6,9-10H,3,7-8H2,1-2H3,(H,13,15). The highest BCUT2D eigenvalue weighted by Gasteiger charge is 2.36. The fourth-order valence-electron chi connectivity index (χ4n) is 2.16. The van der Waals surface area contributed by atoms with Gasteiger partial charge in [-0.2, -0.15) is 4.31 Å². The predicted molar refractivity (Wildman–Crippen MR) is 70.4 cm³/mol. The zero-order valence-electron chi connectivity index (χ0n) is 11.0. The lowest BCUT2D eigenvalue weighted by molar-refractivity contribution is -0.0230. The first-order valence-electron chi connectivity index (χ1n) is 6.27. The molecule has 1 aromatic heterocycles. The van der Waals surface area contributed by atoms with E-state index in [-0.39, 0.29) is 23.6 Å². The Kier molecular flexibility index (Phi) is 4.07. The van der Waals surface area contributed by atoms with Crippen LogP contribution in [0.2, 0.25) is 0 Å². The van der Waals surface area contributed by atoms with Crippen LogP contribution in [0.3, 0.4) is 0 Å². The average Bonchev–Trinajstić information content (AvgIpc) is 2.39. The summed E-state index contributed by atoms with van der Waals surface area (Å²) >= 11 is 0. The predicted octanol–water partition coefficient (Wildman–Crippen LogP) is 0.563. The van der Waals surface area contributed by atoms with Gasteiger partial charge >= 0.3 is 0 Å². The molecule has 0 bridgehead atoms. The third-order valence-corrected chi connectivity index (χ3v) is 5.20. The number of aromatic amines is 1. The van der Waals surface area contributed by atoms with Crippen LogP contribution in [0.4, 0.5) is 0 Å². The van der Waals surface area contributed by atoms with Gasteiger partial charge in [-0.15, -0.1) is 0 Å². The molecule has 1 saturated heterocycles. The van der Waals surface area contributed by atoms with E-state index in [4.69, 9.17) is 4.74 Å². The van der Waals surface area contributed by atoms with Crippen molar-refractivity contribution in [1.82, 2.24) is 9.29 Å². The van der Waals surface area contributed by atoms with Gasteiger partial charge in [0.1, 0.15) is 4.90 Å². The third-order valence-electron chi connectivity index (χ3n) is 3.26. The van der Waals surface area contributed by atoms with E-state index in [1.54, 1.807) is 0 Å². The molecule has 0 aliphatic carbocycles. The molecule has 1 aliphatic rings. The molecule has 2 atom stereocenters. The maximum Gasteiger partial charge on any atom is 0.248 e. The second-order valence-electron chi connectivity index (χ2n) is 4.65. The van der Waals surface area contributed by atoms with Crippen LogP contribution >= 0.6 is 0 Å². The zero-order valence-corrected chi connectivity index (χ0v) is 11.8. The second-order valence-corrected chi connectivity index (χ2v) is 6.51. The van der Waals surface area contributed by atoms with Crippen molar-refractivity contribution in [3.05, 3.63) is 28.7 Å². The van der Waals surface area contributed by atoms with Crippen LogP contribution in [-0.4, -0.2) is 43.0 Å². The fourth-order valence-corrected chi connectivity index (χ4v) is 3.96. The lowest BCUT2D eigenvalue weighted by Crippen LogP contribution is -2.51. The molecule has 106 valence electrons. The number of nitrogens with zero attached hydrogens (tertiary/aromatic N) is 1. The van der Waals surface area contributed by atoms with E-state index in [0.717, 1.165) is 0 Å². The lowest BCUT2D eigenvalue weighted by atomic mass is 10.2. The molecular weight excluding hydrogens is 268 g/mol. The van der Waals surface area contributed by atoms with Gasteiger partial charge in [-0.3, -0.25) is 4.79 Å². The summed E-state index contributed by atoms with van der Waals surface area (Å²) in [6, 6.07) is 0.998. The van der Waals surface area contributed by atoms with E-state index >= 15 is 0 Å². The van der Waals surface area contributed by atoms with E-state index in [1.165, 1.54) is 22.8 Å². The minimum Gasteiger partial charge on any atom is -0.375 e. The highest BCUT2D eigenvalue weighted by Crippen LogP contribution is 2.21. The largest absolute Gasteiger partial charge is 0.375 e. The van der Waals surface area contributed by atoms with Gasteiger partial charge in [0.2, 0.25) is 15.5 Å². The molecule has 1 N–H and O–H groups in total. The highest BCUT2D eigenvalue weighted by atomic mass is 32.2. The topological polar surface area (TPSA) is 79.5 Å². The first kappa shape index (κ1) is 14.2. The molecule has 0 radical (unpaired) electrons. The number of rotatable bonds is 3. The molecule has 19 heavy (non-hydrogen) atoms. The normalized spacial score (nSPS) is 25.4. The van der Waals surface area contributed by atoms with Crippen LogP contribution in [0, 0.1) is 0 Å². The molecule has 0 saturated carbocycles. The molecule has 2 heterocycles. The molecule has 0 spiro atoms. The third kappa shape index (κ3) is 2.72. The molecule has 1 aromatic rings. The molecule has 2 unspecified atom stereocenters. The Morgan fingerprint density at radius 2 is 2.26 bits per heavy atom. The van der Waals surface area contributed by atoms with Gasteiger partial charge in [-0.05, 0) is 13.3 Å². The average molecular weight is 286 g/mol. The minimum atomic E-state index is -3.78. The van der Waals surface area contributed by atoms with E-state index in [2.05, 4.69) is 4.98 Å². The van der Waals surface area contributed by atoms with Crippen molar-refractivity contribution < 1.29 is 13.2 Å². The Morgan fingerprint density at radius 1 is 1.53 bits per heavy atom. The van der Waals surface area contributed by atoms with Crippen LogP contribution in [0.15, 0.2) is 28.2 Å². The van der Waals surface area contributed by atoms with E-state index < -0.39 is 15.5 Å². The first-order valence-corrected chi connectivity index (χ1v) is 7.71. The van der Waals surface area contributed by atoms with Gasteiger partial charge in [-0.1, -0.05) is 6.92 Å². The summed E-state index contributed by atoms with van der Waals surface area (Å²) in [4.78, 5) is 14.2. The van der Waals surface area contributed by atoms with Crippen LogP contribution < -0.4 is 5.43 Å². The Morgan fingerprint density at radius 3 is 2.89 bits per heavy atom. The van der Waals surface area contributed by atoms with E-state index in [0.29, 0.717) is 13.0 Å². The zero-order chi connectivity index (χ0) is 14.0. The van der Waals surface area contributed by atoms with Crippen molar-refractivity contribution in [1.29, 1.82) is 0 Å². The first-order chi connectivity index (χ1) is 8.96. The number of aromatic nitrogens is 1. The number of sulfonamides is 1. The highest BCUT2D eigenvalue weighted by molar-refractivity contribution is 7.89. The lowest BCUT2D eigenvalue weighted by Gasteiger charge is -2.36. The van der Waals surface area contributed by atoms with Crippen molar-refractivity contribution >= 4 is 10.0 Å².